The van der Waals surface area contributed by atoms with Gasteiger partial charge in [-0.2, -0.15) is 13.2 Å². The molecule has 0 aliphatic rings. The Bertz CT molecular complexity index is 1230. The van der Waals surface area contributed by atoms with Crippen LogP contribution in [0.25, 0.3) is 11.1 Å². The number of benzene rings is 3. The van der Waals surface area contributed by atoms with Gasteiger partial charge in [-0.3, -0.25) is 9.59 Å². The molecule has 0 unspecified atom stereocenters. The van der Waals surface area contributed by atoms with Crippen LogP contribution in [0.15, 0.2) is 60.7 Å². The van der Waals surface area contributed by atoms with Gasteiger partial charge in [0.25, 0.3) is 0 Å². The molecule has 3 rings (SSSR count). The number of nitrogens with one attached hydrogen (secondary N) is 1. The van der Waals surface area contributed by atoms with E-state index in [2.05, 4.69) is 5.32 Å². The molecule has 0 heterocycles. The molecular weight excluding hydrogens is 518 g/mol. The second-order valence-corrected chi connectivity index (χ2v) is 8.88. The van der Waals surface area contributed by atoms with Crippen molar-refractivity contribution in [1.29, 1.82) is 0 Å². The van der Waals surface area contributed by atoms with Crippen molar-refractivity contribution in [3.63, 3.8) is 0 Å². The Labute approximate surface area is 215 Å². The van der Waals surface area contributed by atoms with Crippen LogP contribution in [0.2, 0.25) is 10.0 Å². The number of hydrogen-bond acceptors (Lipinski definition) is 4. The lowest BCUT2D eigenvalue weighted by molar-refractivity contribution is -0.145. The maximum Gasteiger partial charge on any atom is 0.416 e. The molecule has 0 aliphatic heterocycles. The topological polar surface area (TPSA) is 75.6 Å². The quantitative estimate of drug-likeness (QED) is 0.226. The number of halogens is 5. The molecule has 0 bridgehead atoms. The molecule has 0 atom stereocenters. The van der Waals surface area contributed by atoms with Crippen LogP contribution in [-0.2, 0) is 40.1 Å². The Morgan fingerprint density at radius 2 is 1.64 bits per heavy atom. The van der Waals surface area contributed by atoms with Crippen molar-refractivity contribution in [2.75, 3.05) is 6.54 Å². The molecule has 3 aromatic carbocycles. The molecule has 0 amide bonds. The third kappa shape index (κ3) is 8.26. The Kier molecular flexibility index (Phi) is 9.37. The SMILES string of the molecule is O=C(O)Cc1cc(Cl)cc(-c2ccc(C(F)(F)F)cc2CNCCC(=O)OCc2ccc(Cl)cc2)c1. The third-order valence-electron chi connectivity index (χ3n) is 5.19. The molecule has 0 radical (unpaired) electrons. The standard InChI is InChI=1S/C26H22Cl2F3NO4/c27-21-4-1-16(2-5-21)15-36-25(35)7-8-32-14-19-12-20(26(29,30)31)3-6-23(19)18-9-17(11-24(33)34)10-22(28)13-18/h1-6,9-10,12-13,32H,7-8,11,14-15H2,(H,33,34). The molecule has 3 aromatic rings. The summed E-state index contributed by atoms with van der Waals surface area (Å²) in [6.07, 6.45) is -4.80. The maximum atomic E-state index is 13.3. The zero-order valence-corrected chi connectivity index (χ0v) is 20.4. The molecule has 36 heavy (non-hydrogen) atoms. The van der Waals surface area contributed by atoms with Gasteiger partial charge in [-0.25, -0.2) is 0 Å². The summed E-state index contributed by atoms with van der Waals surface area (Å²) in [5.41, 5.74) is 1.66. The van der Waals surface area contributed by atoms with Crippen molar-refractivity contribution in [2.45, 2.75) is 32.2 Å². The second kappa shape index (κ2) is 12.3. The minimum atomic E-state index is -4.54. The number of carbonyl (C=O) groups is 2. The number of hydrogen-bond donors (Lipinski definition) is 2. The summed E-state index contributed by atoms with van der Waals surface area (Å²) >= 11 is 12.0. The van der Waals surface area contributed by atoms with Crippen molar-refractivity contribution in [3.8, 4) is 11.1 Å². The van der Waals surface area contributed by atoms with E-state index in [0.717, 1.165) is 17.7 Å². The number of alkyl halides is 3. The first-order chi connectivity index (χ1) is 17.0. The molecule has 0 spiro atoms. The van der Waals surface area contributed by atoms with Gasteiger partial charge in [0.2, 0.25) is 0 Å². The Balaban J connectivity index is 1.69. The largest absolute Gasteiger partial charge is 0.481 e. The number of ether oxygens (including phenoxy) is 1. The van der Waals surface area contributed by atoms with E-state index in [9.17, 15) is 22.8 Å². The summed E-state index contributed by atoms with van der Waals surface area (Å²) in [7, 11) is 0. The van der Waals surface area contributed by atoms with Crippen LogP contribution in [0.4, 0.5) is 13.2 Å². The smallest absolute Gasteiger partial charge is 0.416 e. The first-order valence-corrected chi connectivity index (χ1v) is 11.6. The summed E-state index contributed by atoms with van der Waals surface area (Å²) in [6.45, 7) is 0.292. The van der Waals surface area contributed by atoms with Crippen LogP contribution < -0.4 is 5.32 Å². The van der Waals surface area contributed by atoms with Crippen LogP contribution in [0.5, 0.6) is 0 Å². The third-order valence-corrected chi connectivity index (χ3v) is 5.66. The average Bonchev–Trinajstić information content (AvgIpc) is 2.80. The van der Waals surface area contributed by atoms with Crippen molar-refractivity contribution in [1.82, 2.24) is 5.32 Å². The number of carbonyl (C=O) groups excluding carboxylic acids is 1. The second-order valence-electron chi connectivity index (χ2n) is 8.00. The summed E-state index contributed by atoms with van der Waals surface area (Å²) in [6, 6.07) is 14.8. The molecule has 0 aromatic heterocycles. The summed E-state index contributed by atoms with van der Waals surface area (Å²) in [5, 5.41) is 12.9. The molecule has 5 nitrogen and oxygen atoms in total. The molecule has 0 saturated heterocycles. The number of carboxylic acid groups (broad SMARTS) is 1. The van der Waals surface area contributed by atoms with Crippen LogP contribution in [-0.4, -0.2) is 23.6 Å². The van der Waals surface area contributed by atoms with E-state index < -0.39 is 23.7 Å². The van der Waals surface area contributed by atoms with E-state index in [1.807, 2.05) is 0 Å². The number of esters is 1. The first-order valence-electron chi connectivity index (χ1n) is 10.8. The van der Waals surface area contributed by atoms with E-state index in [1.165, 1.54) is 12.1 Å². The highest BCUT2D eigenvalue weighted by atomic mass is 35.5. The van der Waals surface area contributed by atoms with Gasteiger partial charge in [0.05, 0.1) is 18.4 Å². The van der Waals surface area contributed by atoms with E-state index in [0.29, 0.717) is 27.3 Å². The van der Waals surface area contributed by atoms with Gasteiger partial charge in [-0.15, -0.1) is 0 Å². The summed E-state index contributed by atoms with van der Waals surface area (Å²) < 4.78 is 45.2. The van der Waals surface area contributed by atoms with Gasteiger partial charge < -0.3 is 15.2 Å². The highest BCUT2D eigenvalue weighted by Gasteiger charge is 2.31. The zero-order valence-electron chi connectivity index (χ0n) is 18.9. The van der Waals surface area contributed by atoms with Gasteiger partial charge in [0.15, 0.2) is 0 Å². The molecule has 0 saturated carbocycles. The van der Waals surface area contributed by atoms with Gasteiger partial charge in [-0.05, 0) is 64.2 Å². The van der Waals surface area contributed by atoms with Crippen LogP contribution in [0.1, 0.15) is 28.7 Å². The summed E-state index contributed by atoms with van der Waals surface area (Å²) in [4.78, 5) is 23.1. The van der Waals surface area contributed by atoms with E-state index in [-0.39, 0.29) is 37.6 Å². The molecule has 2 N–H and O–H groups in total. The average molecular weight is 540 g/mol. The lowest BCUT2D eigenvalue weighted by Crippen LogP contribution is -2.20. The fourth-order valence-corrected chi connectivity index (χ4v) is 3.89. The Morgan fingerprint density at radius 3 is 2.31 bits per heavy atom. The van der Waals surface area contributed by atoms with Gasteiger partial charge in [-0.1, -0.05) is 47.5 Å². The fraction of sp³-hybridized carbons (Fsp3) is 0.231. The van der Waals surface area contributed by atoms with E-state index in [4.69, 9.17) is 33.0 Å². The predicted octanol–water partition coefficient (Wildman–Crippen LogP) is 6.53. The molecule has 10 heteroatoms. The van der Waals surface area contributed by atoms with Gasteiger partial charge >= 0.3 is 18.1 Å². The highest BCUT2D eigenvalue weighted by Crippen LogP contribution is 2.34. The zero-order chi connectivity index (χ0) is 26.3. The lowest BCUT2D eigenvalue weighted by atomic mass is 9.95. The van der Waals surface area contributed by atoms with Crippen molar-refractivity contribution in [3.05, 3.63) is 93.0 Å². The minimum absolute atomic E-state index is 0.0157. The molecular formula is C26H22Cl2F3NO4. The van der Waals surface area contributed by atoms with Crippen LogP contribution >= 0.6 is 23.2 Å². The van der Waals surface area contributed by atoms with Gasteiger partial charge in [0, 0.05) is 23.1 Å². The monoisotopic (exact) mass is 539 g/mol. The van der Waals surface area contributed by atoms with Crippen LogP contribution in [0.3, 0.4) is 0 Å². The predicted molar refractivity (Wildman–Crippen MR) is 131 cm³/mol. The minimum Gasteiger partial charge on any atom is -0.481 e. The maximum absolute atomic E-state index is 13.3. The number of carboxylic acids is 1. The molecule has 0 fully saturated rings. The normalized spacial score (nSPS) is 11.4. The van der Waals surface area contributed by atoms with Gasteiger partial charge in [0.1, 0.15) is 6.61 Å². The molecule has 190 valence electrons. The highest BCUT2D eigenvalue weighted by molar-refractivity contribution is 6.31. The summed E-state index contributed by atoms with van der Waals surface area (Å²) in [5.74, 6) is -1.52. The lowest BCUT2D eigenvalue weighted by Gasteiger charge is -2.16. The number of rotatable bonds is 10. The Hall–Kier alpha value is -3.07. The van der Waals surface area contributed by atoms with E-state index >= 15 is 0 Å². The van der Waals surface area contributed by atoms with Crippen molar-refractivity contribution >= 4 is 35.1 Å². The Morgan fingerprint density at radius 1 is 0.917 bits per heavy atom. The van der Waals surface area contributed by atoms with Crippen molar-refractivity contribution < 1.29 is 32.6 Å². The first kappa shape index (κ1) is 27.5. The fourth-order valence-electron chi connectivity index (χ4n) is 3.51. The van der Waals surface area contributed by atoms with Crippen molar-refractivity contribution in [2.24, 2.45) is 0 Å². The van der Waals surface area contributed by atoms with Crippen LogP contribution in [0, 0.1) is 0 Å². The van der Waals surface area contributed by atoms with E-state index in [1.54, 1.807) is 36.4 Å². The molecule has 0 aliphatic carbocycles. The number of aliphatic carboxylic acids is 1.